The number of halogens is 2. The normalized spacial score (nSPS) is 11.5. The van der Waals surface area contributed by atoms with Gasteiger partial charge in [-0.05, 0) is 59.9 Å². The number of benzene rings is 3. The third kappa shape index (κ3) is 5.51. The molecule has 0 aliphatic heterocycles. The maximum absolute atomic E-state index is 11.6. The predicted molar refractivity (Wildman–Crippen MR) is 113 cm³/mol. The lowest BCUT2D eigenvalue weighted by Gasteiger charge is -2.16. The van der Waals surface area contributed by atoms with Gasteiger partial charge in [0.05, 0.1) is 16.7 Å². The molecular weight excluding hydrogens is 409 g/mol. The highest BCUT2D eigenvalue weighted by Gasteiger charge is 2.20. The Labute approximate surface area is 178 Å². The van der Waals surface area contributed by atoms with E-state index in [1.165, 1.54) is 18.2 Å². The molecule has 0 radical (unpaired) electrons. The molecule has 146 valence electrons. The molecule has 1 atom stereocenters. The molecular formula is C23H17Cl2NO3. The molecule has 0 saturated heterocycles. The Morgan fingerprint density at radius 1 is 1.00 bits per heavy atom. The molecule has 0 aliphatic carbocycles. The zero-order chi connectivity index (χ0) is 20.8. The molecule has 3 aromatic carbocycles. The molecule has 3 rings (SSSR count). The minimum Gasteiger partial charge on any atom is -0.479 e. The number of aliphatic carboxylic acids is 1. The average Bonchev–Trinajstić information content (AvgIpc) is 2.73. The van der Waals surface area contributed by atoms with Crippen molar-refractivity contribution >= 4 is 29.2 Å². The summed E-state index contributed by atoms with van der Waals surface area (Å²) in [6, 6.07) is 22.0. The molecule has 6 heteroatoms. The lowest BCUT2D eigenvalue weighted by atomic mass is 10.0. The van der Waals surface area contributed by atoms with E-state index >= 15 is 0 Å². The predicted octanol–water partition coefficient (Wildman–Crippen LogP) is 6.00. The van der Waals surface area contributed by atoms with E-state index in [0.29, 0.717) is 17.0 Å². The van der Waals surface area contributed by atoms with Crippen LogP contribution in [0.3, 0.4) is 0 Å². The van der Waals surface area contributed by atoms with Gasteiger partial charge in [0.2, 0.25) is 0 Å². The average molecular weight is 426 g/mol. The minimum atomic E-state index is -1.07. The Hall–Kier alpha value is -3.00. The molecule has 0 bridgehead atoms. The van der Waals surface area contributed by atoms with Crippen LogP contribution in [-0.4, -0.2) is 17.2 Å². The number of carbonyl (C=O) groups is 1. The van der Waals surface area contributed by atoms with Crippen molar-refractivity contribution in [1.82, 2.24) is 0 Å². The van der Waals surface area contributed by atoms with Crippen molar-refractivity contribution < 1.29 is 14.6 Å². The van der Waals surface area contributed by atoms with Crippen LogP contribution in [0, 0.1) is 11.3 Å². The topological polar surface area (TPSA) is 70.3 Å². The van der Waals surface area contributed by atoms with Crippen LogP contribution in [0.15, 0.2) is 66.7 Å². The van der Waals surface area contributed by atoms with E-state index in [-0.39, 0.29) is 17.2 Å². The van der Waals surface area contributed by atoms with Crippen LogP contribution < -0.4 is 4.74 Å². The van der Waals surface area contributed by atoms with Gasteiger partial charge in [-0.25, -0.2) is 4.79 Å². The first kappa shape index (κ1) is 20.7. The Morgan fingerprint density at radius 2 is 1.62 bits per heavy atom. The zero-order valence-electron chi connectivity index (χ0n) is 15.3. The van der Waals surface area contributed by atoms with Crippen LogP contribution in [0.5, 0.6) is 5.75 Å². The van der Waals surface area contributed by atoms with Gasteiger partial charge in [0, 0.05) is 5.02 Å². The molecule has 1 unspecified atom stereocenters. The summed E-state index contributed by atoms with van der Waals surface area (Å²) in [5.41, 5.74) is 3.50. The summed E-state index contributed by atoms with van der Waals surface area (Å²) in [6.45, 7) is 0. The molecule has 0 amide bonds. The number of nitriles is 1. The van der Waals surface area contributed by atoms with Gasteiger partial charge < -0.3 is 9.84 Å². The standard InChI is InChI=1S/C23H17Cl2NO3/c24-19-9-7-18(8-10-19)17-5-1-15(2-6-17)3-12-22(23(27)28)29-21-11-4-16(14-26)13-20(21)25/h1-2,4-11,13,22H,3,12H2,(H,27,28). The number of hydrogen-bond acceptors (Lipinski definition) is 3. The second-order valence-corrected chi connectivity index (χ2v) is 7.29. The van der Waals surface area contributed by atoms with Crippen LogP contribution in [0.2, 0.25) is 10.0 Å². The molecule has 0 aromatic heterocycles. The van der Waals surface area contributed by atoms with Crippen molar-refractivity contribution in [2.75, 3.05) is 0 Å². The first-order valence-corrected chi connectivity index (χ1v) is 9.66. The van der Waals surface area contributed by atoms with Gasteiger partial charge >= 0.3 is 5.97 Å². The molecule has 4 nitrogen and oxygen atoms in total. The van der Waals surface area contributed by atoms with Gasteiger partial charge in [-0.2, -0.15) is 5.26 Å². The van der Waals surface area contributed by atoms with E-state index in [9.17, 15) is 9.90 Å². The number of rotatable bonds is 7. The van der Waals surface area contributed by atoms with Gasteiger partial charge in [-0.1, -0.05) is 59.6 Å². The second kappa shape index (κ2) is 9.47. The van der Waals surface area contributed by atoms with Gasteiger partial charge in [0.15, 0.2) is 6.10 Å². The third-order valence-corrected chi connectivity index (χ3v) is 4.98. The molecule has 0 heterocycles. The highest BCUT2D eigenvalue weighted by molar-refractivity contribution is 6.32. The van der Waals surface area contributed by atoms with E-state index in [4.69, 9.17) is 33.2 Å². The number of carboxylic acids is 1. The van der Waals surface area contributed by atoms with Gasteiger partial charge in [-0.15, -0.1) is 0 Å². The highest BCUT2D eigenvalue weighted by atomic mass is 35.5. The number of hydrogen-bond donors (Lipinski definition) is 1. The lowest BCUT2D eigenvalue weighted by molar-refractivity contribution is -0.145. The fourth-order valence-corrected chi connectivity index (χ4v) is 3.21. The summed E-state index contributed by atoms with van der Waals surface area (Å²) < 4.78 is 5.58. The molecule has 0 spiro atoms. The molecule has 1 N–H and O–H groups in total. The molecule has 29 heavy (non-hydrogen) atoms. The number of carboxylic acid groups (broad SMARTS) is 1. The van der Waals surface area contributed by atoms with E-state index in [2.05, 4.69) is 0 Å². The SMILES string of the molecule is N#Cc1ccc(OC(CCc2ccc(-c3ccc(Cl)cc3)cc2)C(=O)O)c(Cl)c1. The molecule has 0 aliphatic rings. The fraction of sp³-hybridized carbons (Fsp3) is 0.130. The summed E-state index contributed by atoms with van der Waals surface area (Å²) in [7, 11) is 0. The van der Waals surface area contributed by atoms with Crippen molar-refractivity contribution in [1.29, 1.82) is 5.26 Å². The molecule has 3 aromatic rings. The van der Waals surface area contributed by atoms with E-state index in [0.717, 1.165) is 16.7 Å². The van der Waals surface area contributed by atoms with E-state index in [1.807, 2.05) is 54.6 Å². The zero-order valence-corrected chi connectivity index (χ0v) is 16.8. The maximum Gasteiger partial charge on any atom is 0.344 e. The Morgan fingerprint density at radius 3 is 2.17 bits per heavy atom. The number of nitrogens with zero attached hydrogens (tertiary/aromatic N) is 1. The van der Waals surface area contributed by atoms with Crippen molar-refractivity contribution in [3.8, 4) is 22.9 Å². The molecule has 0 saturated carbocycles. The van der Waals surface area contributed by atoms with E-state index < -0.39 is 12.1 Å². The van der Waals surface area contributed by atoms with Crippen molar-refractivity contribution in [3.05, 3.63) is 87.9 Å². The first-order valence-electron chi connectivity index (χ1n) is 8.90. The Balaban J connectivity index is 1.65. The minimum absolute atomic E-state index is 0.211. The highest BCUT2D eigenvalue weighted by Crippen LogP contribution is 2.27. The second-order valence-electron chi connectivity index (χ2n) is 6.44. The first-order chi connectivity index (χ1) is 14.0. The largest absolute Gasteiger partial charge is 0.479 e. The maximum atomic E-state index is 11.6. The van der Waals surface area contributed by atoms with Gasteiger partial charge in [-0.3, -0.25) is 0 Å². The Kier molecular flexibility index (Phi) is 6.77. The van der Waals surface area contributed by atoms with Crippen LogP contribution in [0.1, 0.15) is 17.5 Å². The van der Waals surface area contributed by atoms with Crippen LogP contribution in [-0.2, 0) is 11.2 Å². The number of aryl methyl sites for hydroxylation is 1. The fourth-order valence-electron chi connectivity index (χ4n) is 2.86. The lowest BCUT2D eigenvalue weighted by Crippen LogP contribution is -2.27. The summed E-state index contributed by atoms with van der Waals surface area (Å²) in [5, 5.41) is 19.3. The molecule has 0 fully saturated rings. The quantitative estimate of drug-likeness (QED) is 0.503. The van der Waals surface area contributed by atoms with Crippen molar-refractivity contribution in [2.45, 2.75) is 18.9 Å². The van der Waals surface area contributed by atoms with Gasteiger partial charge in [0.25, 0.3) is 0 Å². The monoisotopic (exact) mass is 425 g/mol. The Bertz CT molecular complexity index is 1040. The summed E-state index contributed by atoms with van der Waals surface area (Å²) >= 11 is 12.0. The van der Waals surface area contributed by atoms with Crippen LogP contribution in [0.25, 0.3) is 11.1 Å². The van der Waals surface area contributed by atoms with Crippen LogP contribution >= 0.6 is 23.2 Å². The van der Waals surface area contributed by atoms with E-state index in [1.54, 1.807) is 0 Å². The third-order valence-electron chi connectivity index (χ3n) is 4.43. The van der Waals surface area contributed by atoms with Gasteiger partial charge in [0.1, 0.15) is 5.75 Å². The van der Waals surface area contributed by atoms with Crippen molar-refractivity contribution in [3.63, 3.8) is 0 Å². The summed E-state index contributed by atoms with van der Waals surface area (Å²) in [4.78, 5) is 11.6. The van der Waals surface area contributed by atoms with Crippen LogP contribution in [0.4, 0.5) is 0 Å². The smallest absolute Gasteiger partial charge is 0.344 e. The van der Waals surface area contributed by atoms with Crippen molar-refractivity contribution in [2.24, 2.45) is 0 Å². The number of ether oxygens (including phenoxy) is 1. The summed E-state index contributed by atoms with van der Waals surface area (Å²) in [5.74, 6) is -0.820. The summed E-state index contributed by atoms with van der Waals surface area (Å²) in [6.07, 6.45) is -0.228.